The standard InChI is InChI=1S/C11H22O.C11H20O.C10H20O.C9H16O.C8H18N2O2S.C8H17NO2S.C8H16O2S.C8H14O2.C8H16O.2C7H14O2/c1-11(2,3)10-6-4-9(8-12)5-7-10;1-3-5-11(12)10-7-4-6-9(2)8-10;1-8-5-4-6-9(7-8)10(2,3)11;1-6-2-7-3-8(5-10)9(6)4-7;1-7-2-4-8(5-3-7)6-10-13(9,11)12;1-7-4-3-5-8(6-7)9-12(2,10)11;1-7-4-3-5-8(6-7)11(2,9)10;1-6-3-2-4-7(5-6)8(9)10;1-7-3-2-4-8(5-7)6-9;1-6-2-7(3-8)5-9-4-6;1-6-2-3-9-7(4-6)5-8/h9-10,12H,4-8H2,1-3H3;9-10H,3-8H2,1-2H3;8-9,11H,4-7H2,1-3H3;6-10H,2-5H2,1H3;7-8,10H,2-6H2,1H3,(H2,9,11,12);7-9H,3-6H2,1-2H3;7-8H,3-6H2,1-2H3;6-7H,2-5H2,1H3,(H,9,10);7-9H,2-6H2,1H3;2*6-8H,2-5H2,1H3/t;9-,10-;8-,9-;6-,7-,8+,9+;;2*7-,8-;6-,7-;7-,8-;6-,7+;6-,7-/m.000.110000/s1. The molecule has 2 heterocycles. The Balaban J connectivity index is 0.000000441. The molecule has 10 saturated carbocycles. The van der Waals surface area contributed by atoms with Gasteiger partial charge in [-0.15, -0.1) is 0 Å². The van der Waals surface area contributed by atoms with Crippen molar-refractivity contribution >= 4 is 41.8 Å². The molecule has 0 aromatic rings. The van der Waals surface area contributed by atoms with Gasteiger partial charge in [-0.05, 0) is 286 Å². The summed E-state index contributed by atoms with van der Waals surface area (Å²) in [6.07, 6.45) is 49.4. The van der Waals surface area contributed by atoms with Crippen LogP contribution in [0, 0.1) is 130 Å². The number of nitrogens with one attached hydrogen (secondary N) is 2. The van der Waals surface area contributed by atoms with Crippen LogP contribution in [0.2, 0.25) is 0 Å². The minimum atomic E-state index is -3.49. The molecular weight excluding hydrogens is 1550 g/mol. The van der Waals surface area contributed by atoms with Crippen LogP contribution in [0.4, 0.5) is 0 Å². The van der Waals surface area contributed by atoms with E-state index in [1.165, 1.54) is 154 Å². The summed E-state index contributed by atoms with van der Waals surface area (Å²) >= 11 is 0. The van der Waals surface area contributed by atoms with E-state index in [0.29, 0.717) is 103 Å². The van der Waals surface area contributed by atoms with Crippen LogP contribution in [0.15, 0.2) is 0 Å². The number of hydrogen-bond donors (Lipinski definition) is 10. The first kappa shape index (κ1) is 113. The van der Waals surface area contributed by atoms with Crippen molar-refractivity contribution in [3.8, 4) is 0 Å². The van der Waals surface area contributed by atoms with Gasteiger partial charge in [0, 0.05) is 76.7 Å². The van der Waals surface area contributed by atoms with E-state index in [2.05, 4.69) is 106 Å². The molecular formula is C95H187N3O17S3. The maximum absolute atomic E-state index is 11.5. The molecule has 11 N–H and O–H groups in total. The number of ketones is 1. The zero-order valence-corrected chi connectivity index (χ0v) is 81.0. The second-order valence-electron chi connectivity index (χ2n) is 42.2. The highest BCUT2D eigenvalue weighted by Gasteiger charge is 2.44. The van der Waals surface area contributed by atoms with Gasteiger partial charge in [0.25, 0.3) is 10.2 Å². The molecule has 0 amide bonds. The number of Topliss-reactive ketones (excluding diaryl/α,β-unsaturated/α-hetero) is 1. The smallest absolute Gasteiger partial charge is 0.306 e. The number of aliphatic hydroxyl groups excluding tert-OH is 5. The number of aliphatic hydroxyl groups is 6. The number of aliphatic carboxylic acids is 1. The molecule has 2 saturated heterocycles. The van der Waals surface area contributed by atoms with Crippen molar-refractivity contribution in [2.45, 2.75) is 391 Å². The van der Waals surface area contributed by atoms with E-state index >= 15 is 0 Å². The van der Waals surface area contributed by atoms with Gasteiger partial charge in [-0.3, -0.25) is 9.59 Å². The Kier molecular flexibility index (Phi) is 56.8. The highest BCUT2D eigenvalue weighted by Crippen LogP contribution is 2.51. The summed E-state index contributed by atoms with van der Waals surface area (Å²) in [4.78, 5) is 22.0. The van der Waals surface area contributed by atoms with Crippen LogP contribution in [0.25, 0.3) is 0 Å². The lowest BCUT2D eigenvalue weighted by Gasteiger charge is -2.36. The largest absolute Gasteiger partial charge is 0.481 e. The summed E-state index contributed by atoms with van der Waals surface area (Å²) in [5.74, 6) is 13.7. The fourth-order valence-electron chi connectivity index (χ4n) is 20.8. The summed E-state index contributed by atoms with van der Waals surface area (Å²) in [6, 6.07) is 0.184. The molecule has 118 heavy (non-hydrogen) atoms. The van der Waals surface area contributed by atoms with Crippen molar-refractivity contribution in [1.82, 2.24) is 9.44 Å². The number of fused-ring (bicyclic) bond motifs is 2. The lowest BCUT2D eigenvalue weighted by atomic mass is 9.70. The first-order valence-corrected chi connectivity index (χ1v) is 53.2. The molecule has 0 unspecified atom stereocenters. The van der Waals surface area contributed by atoms with Gasteiger partial charge < -0.3 is 45.2 Å². The van der Waals surface area contributed by atoms with Crippen LogP contribution in [-0.4, -0.2) is 168 Å². The summed E-state index contributed by atoms with van der Waals surface area (Å²) in [6.45, 7) is 39.8. The SMILES string of the molecule is CC(C)(C)C1CCC(CO)CC1.CC1CCC(CNS(N)(=O)=O)CC1.CCCC(=O)[C@H]1CCC[C@H](C)C1.C[C@@H]1CCC[C@@H](NS(C)(=O)=O)C1.C[C@@H]1CCC[C@@H](S(C)(=O)=O)C1.C[C@@H]1COC[C@@H](CO)C1.C[C@H]1CCC[C@H](C(=O)O)C1.C[C@H]1CCC[C@H](C(C)(C)O)C1.C[C@H]1CCC[C@H](CO)C1.C[C@H]1CCO[C@H](CO)C1.C[C@H]1C[C@H]2C[C@H](CO)[C@@H]1C2. The fraction of sp³-hybridized carbons (Fsp3) is 0.979. The number of sulfonamides is 1. The minimum absolute atomic E-state index is 0.0498. The van der Waals surface area contributed by atoms with E-state index < -0.39 is 41.6 Å². The van der Waals surface area contributed by atoms with Gasteiger partial charge in [0.1, 0.15) is 15.6 Å². The Hall–Kier alpha value is -1.45. The van der Waals surface area contributed by atoms with Gasteiger partial charge >= 0.3 is 5.97 Å². The predicted molar refractivity (Wildman–Crippen MR) is 486 cm³/mol. The summed E-state index contributed by atoms with van der Waals surface area (Å²) in [7, 11) is -9.24. The molecule has 20 nitrogen and oxygen atoms in total. The Morgan fingerprint density at radius 3 is 1.32 bits per heavy atom. The highest BCUT2D eigenvalue weighted by molar-refractivity contribution is 7.91. The average molecular weight is 1740 g/mol. The van der Waals surface area contributed by atoms with Gasteiger partial charge in [-0.2, -0.15) is 8.42 Å². The predicted octanol–water partition coefficient (Wildman–Crippen LogP) is 18.7. The van der Waals surface area contributed by atoms with Crippen molar-refractivity contribution in [1.29, 1.82) is 0 Å². The number of ether oxygens (including phenoxy) is 2. The van der Waals surface area contributed by atoms with Crippen LogP contribution in [0.1, 0.15) is 368 Å². The highest BCUT2D eigenvalue weighted by atomic mass is 32.2. The van der Waals surface area contributed by atoms with E-state index in [1.54, 1.807) is 0 Å². The number of nitrogens with two attached hydrogens (primary N) is 1. The molecule has 20 atom stereocenters. The third-order valence-electron chi connectivity index (χ3n) is 28.4. The van der Waals surface area contributed by atoms with Crippen molar-refractivity contribution in [3.05, 3.63) is 0 Å². The van der Waals surface area contributed by atoms with Crippen LogP contribution < -0.4 is 14.6 Å². The van der Waals surface area contributed by atoms with E-state index in [9.17, 15) is 39.9 Å². The van der Waals surface area contributed by atoms with E-state index in [-0.39, 0.29) is 36.5 Å². The summed E-state index contributed by atoms with van der Waals surface area (Å²) in [5.41, 5.74) is 0.0229. The maximum atomic E-state index is 11.5. The van der Waals surface area contributed by atoms with Crippen molar-refractivity contribution < 1.29 is 80.1 Å². The first-order chi connectivity index (χ1) is 55.2. The van der Waals surface area contributed by atoms with E-state index in [4.69, 9.17) is 45.3 Å². The fourth-order valence-corrected chi connectivity index (χ4v) is 23.3. The zero-order valence-electron chi connectivity index (χ0n) is 78.5. The second kappa shape index (κ2) is 59.6. The lowest BCUT2D eigenvalue weighted by molar-refractivity contribution is -0.143. The third kappa shape index (κ3) is 52.0. The van der Waals surface area contributed by atoms with Gasteiger partial charge in [0.2, 0.25) is 10.0 Å². The molecule has 0 aromatic carbocycles. The maximum Gasteiger partial charge on any atom is 0.306 e. The van der Waals surface area contributed by atoms with E-state index in [1.807, 2.05) is 13.8 Å². The van der Waals surface area contributed by atoms with Crippen molar-refractivity contribution in [2.75, 3.05) is 71.9 Å². The third-order valence-corrected chi connectivity index (χ3v) is 31.3. The van der Waals surface area contributed by atoms with Gasteiger partial charge in [0.15, 0.2) is 0 Å². The molecule has 2 aliphatic heterocycles. The van der Waals surface area contributed by atoms with Crippen molar-refractivity contribution in [3.63, 3.8) is 0 Å². The molecule has 23 heteroatoms. The monoisotopic (exact) mass is 1740 g/mol. The molecule has 0 radical (unpaired) electrons. The molecule has 0 aromatic heterocycles. The number of carboxylic acids is 1. The Labute approximate surface area is 724 Å². The summed E-state index contributed by atoms with van der Waals surface area (Å²) < 4.78 is 80.8. The Morgan fingerprint density at radius 1 is 0.449 bits per heavy atom. The van der Waals surface area contributed by atoms with Crippen molar-refractivity contribution in [2.24, 2.45) is 135 Å². The zero-order chi connectivity index (χ0) is 89.0. The number of carboxylic acid groups (broad SMARTS) is 1. The number of carbonyl (C=O) groups excluding carboxylic acids is 1. The molecule has 12 rings (SSSR count). The van der Waals surface area contributed by atoms with Gasteiger partial charge in [-0.1, -0.05) is 187 Å². The quantitative estimate of drug-likeness (QED) is 0.0686. The number of carbonyl (C=O) groups is 2. The summed E-state index contributed by atoms with van der Waals surface area (Å²) in [5, 5.41) is 67.4. The lowest BCUT2D eigenvalue weighted by Crippen LogP contribution is -2.37. The number of hydrogen-bond acceptors (Lipinski definition) is 16. The molecule has 702 valence electrons. The average Bonchev–Trinajstić information content (AvgIpc) is 1.65. The molecule has 10 aliphatic carbocycles. The minimum Gasteiger partial charge on any atom is -0.481 e. The van der Waals surface area contributed by atoms with Crippen LogP contribution in [0.5, 0.6) is 0 Å². The molecule has 12 aliphatic rings. The molecule has 0 spiro atoms. The van der Waals surface area contributed by atoms with Crippen LogP contribution in [0.3, 0.4) is 0 Å². The topological polar surface area (TPSA) is 347 Å². The van der Waals surface area contributed by atoms with E-state index in [0.717, 1.165) is 189 Å². The normalized spacial score (nSPS) is 34.9. The van der Waals surface area contributed by atoms with Crippen LogP contribution in [-0.2, 0) is 49.1 Å². The second-order valence-corrected chi connectivity index (χ2v) is 47.7. The van der Waals surface area contributed by atoms with Crippen LogP contribution >= 0.6 is 0 Å². The number of sulfone groups is 1. The molecule has 12 fully saturated rings. The van der Waals surface area contributed by atoms with Gasteiger partial charge in [-0.25, -0.2) is 31.4 Å². The molecule has 2 bridgehead atoms. The number of rotatable bonds is 16. The Morgan fingerprint density at radius 2 is 0.941 bits per heavy atom. The Bertz CT molecular complexity index is 2880. The first-order valence-electron chi connectivity index (χ1n) is 47.9. The van der Waals surface area contributed by atoms with Gasteiger partial charge in [0.05, 0.1) is 42.3 Å².